The molecule has 1 heterocycles. The number of likely N-dealkylation sites (tertiary alicyclic amines) is 1. The topological polar surface area (TPSA) is 75.4 Å². The first-order valence-electron chi connectivity index (χ1n) is 7.78. The fourth-order valence-electron chi connectivity index (χ4n) is 2.63. The number of carbonyl (C=O) groups excluding carboxylic acids is 2. The summed E-state index contributed by atoms with van der Waals surface area (Å²) >= 11 is 0. The van der Waals surface area contributed by atoms with Crippen molar-refractivity contribution >= 4 is 11.8 Å². The van der Waals surface area contributed by atoms with Crippen molar-refractivity contribution in [1.29, 1.82) is 0 Å². The van der Waals surface area contributed by atoms with Gasteiger partial charge >= 0.3 is 0 Å². The number of nitrogens with two attached hydrogens (primary N) is 1. The average molecular weight is 283 g/mol. The molecule has 0 spiro atoms. The molecule has 20 heavy (non-hydrogen) atoms. The first kappa shape index (κ1) is 17.0. The van der Waals surface area contributed by atoms with Crippen LogP contribution in [0.2, 0.25) is 0 Å². The van der Waals surface area contributed by atoms with Gasteiger partial charge < -0.3 is 16.0 Å². The van der Waals surface area contributed by atoms with Crippen molar-refractivity contribution in [3.8, 4) is 0 Å². The van der Waals surface area contributed by atoms with Gasteiger partial charge in [-0.15, -0.1) is 0 Å². The van der Waals surface area contributed by atoms with E-state index < -0.39 is 0 Å². The summed E-state index contributed by atoms with van der Waals surface area (Å²) in [5, 5.41) is 3.09. The van der Waals surface area contributed by atoms with E-state index in [4.69, 9.17) is 5.73 Å². The maximum absolute atomic E-state index is 12.1. The van der Waals surface area contributed by atoms with Crippen LogP contribution in [0.4, 0.5) is 0 Å². The number of piperidine rings is 1. The van der Waals surface area contributed by atoms with Crippen LogP contribution in [0.1, 0.15) is 46.5 Å². The Balaban J connectivity index is 2.38. The summed E-state index contributed by atoms with van der Waals surface area (Å²) in [6.45, 7) is 7.79. The van der Waals surface area contributed by atoms with Crippen molar-refractivity contribution in [3.05, 3.63) is 0 Å². The van der Waals surface area contributed by atoms with Crippen molar-refractivity contribution in [1.82, 2.24) is 10.2 Å². The number of carbonyl (C=O) groups is 2. The van der Waals surface area contributed by atoms with Gasteiger partial charge in [-0.25, -0.2) is 0 Å². The maximum Gasteiger partial charge on any atom is 0.225 e. The van der Waals surface area contributed by atoms with Gasteiger partial charge in [0, 0.05) is 31.6 Å². The smallest absolute Gasteiger partial charge is 0.225 e. The van der Waals surface area contributed by atoms with Crippen LogP contribution in [-0.2, 0) is 9.59 Å². The zero-order valence-electron chi connectivity index (χ0n) is 13.0. The summed E-state index contributed by atoms with van der Waals surface area (Å²) in [5.41, 5.74) is 5.65. The van der Waals surface area contributed by atoms with Crippen molar-refractivity contribution in [2.75, 3.05) is 19.6 Å². The fourth-order valence-corrected chi connectivity index (χ4v) is 2.63. The summed E-state index contributed by atoms with van der Waals surface area (Å²) in [4.78, 5) is 25.9. The van der Waals surface area contributed by atoms with Gasteiger partial charge in [0.25, 0.3) is 0 Å². The van der Waals surface area contributed by atoms with E-state index in [1.807, 2.05) is 18.7 Å². The molecule has 3 N–H and O–H groups in total. The van der Waals surface area contributed by atoms with E-state index in [0.717, 1.165) is 38.8 Å². The van der Waals surface area contributed by atoms with E-state index >= 15 is 0 Å². The lowest BCUT2D eigenvalue weighted by molar-refractivity contribution is -0.135. The van der Waals surface area contributed by atoms with E-state index in [2.05, 4.69) is 12.2 Å². The zero-order valence-corrected chi connectivity index (χ0v) is 13.0. The second-order valence-electron chi connectivity index (χ2n) is 5.98. The van der Waals surface area contributed by atoms with Crippen LogP contribution in [-0.4, -0.2) is 42.4 Å². The van der Waals surface area contributed by atoms with E-state index in [9.17, 15) is 9.59 Å². The minimum Gasteiger partial charge on any atom is -0.353 e. The largest absolute Gasteiger partial charge is 0.353 e. The van der Waals surface area contributed by atoms with E-state index in [1.54, 1.807) is 0 Å². The molecule has 5 nitrogen and oxygen atoms in total. The highest BCUT2D eigenvalue weighted by Gasteiger charge is 2.26. The SMILES string of the molecule is CCCC(CN)C(=O)NC1CCN(C(=O)C(C)C)CC1. The molecule has 0 bridgehead atoms. The van der Waals surface area contributed by atoms with Crippen molar-refractivity contribution in [2.45, 2.75) is 52.5 Å². The minimum atomic E-state index is -0.0738. The quantitative estimate of drug-likeness (QED) is 0.767. The molecule has 1 fully saturated rings. The highest BCUT2D eigenvalue weighted by molar-refractivity contribution is 5.79. The predicted molar refractivity (Wildman–Crippen MR) is 80.0 cm³/mol. The Labute approximate surface area is 122 Å². The molecular weight excluding hydrogens is 254 g/mol. The summed E-state index contributed by atoms with van der Waals surface area (Å²) < 4.78 is 0. The summed E-state index contributed by atoms with van der Waals surface area (Å²) in [6.07, 6.45) is 3.49. The molecular formula is C15H29N3O2. The summed E-state index contributed by atoms with van der Waals surface area (Å²) in [5.74, 6) is 0.256. The van der Waals surface area contributed by atoms with Gasteiger partial charge in [-0.2, -0.15) is 0 Å². The Kier molecular flexibility index (Phi) is 6.99. The van der Waals surface area contributed by atoms with Crippen LogP contribution >= 0.6 is 0 Å². The van der Waals surface area contributed by atoms with Crippen LogP contribution in [0.5, 0.6) is 0 Å². The third kappa shape index (κ3) is 4.78. The Hall–Kier alpha value is -1.10. The Morgan fingerprint density at radius 1 is 1.30 bits per heavy atom. The Morgan fingerprint density at radius 2 is 1.90 bits per heavy atom. The van der Waals surface area contributed by atoms with Gasteiger partial charge in [0.05, 0.1) is 5.92 Å². The number of rotatable bonds is 6. The van der Waals surface area contributed by atoms with Crippen LogP contribution in [0.25, 0.3) is 0 Å². The van der Waals surface area contributed by atoms with Gasteiger partial charge in [-0.3, -0.25) is 9.59 Å². The van der Waals surface area contributed by atoms with Gasteiger partial charge in [0.15, 0.2) is 0 Å². The molecule has 0 saturated carbocycles. The Bertz CT molecular complexity index is 323. The number of nitrogens with zero attached hydrogens (tertiary/aromatic N) is 1. The standard InChI is InChI=1S/C15H29N3O2/c1-4-5-12(10-16)14(19)17-13-6-8-18(9-7-13)15(20)11(2)3/h11-13H,4-10,16H2,1-3H3,(H,17,19). The molecule has 116 valence electrons. The number of nitrogens with one attached hydrogen (secondary N) is 1. The summed E-state index contributed by atoms with van der Waals surface area (Å²) in [6, 6.07) is 0.185. The number of hydrogen-bond donors (Lipinski definition) is 2. The molecule has 1 saturated heterocycles. The Morgan fingerprint density at radius 3 is 2.35 bits per heavy atom. The third-order valence-electron chi connectivity index (χ3n) is 3.94. The molecule has 0 aromatic carbocycles. The molecule has 1 atom stereocenters. The molecule has 0 aromatic rings. The maximum atomic E-state index is 12.1. The highest BCUT2D eigenvalue weighted by Crippen LogP contribution is 2.14. The first-order chi connectivity index (χ1) is 9.49. The molecule has 0 radical (unpaired) electrons. The average Bonchev–Trinajstić information content (AvgIpc) is 2.44. The van der Waals surface area contributed by atoms with Crippen molar-refractivity contribution in [3.63, 3.8) is 0 Å². The van der Waals surface area contributed by atoms with Gasteiger partial charge in [-0.05, 0) is 19.3 Å². The third-order valence-corrected chi connectivity index (χ3v) is 3.94. The first-order valence-corrected chi connectivity index (χ1v) is 7.78. The van der Waals surface area contributed by atoms with Crippen LogP contribution < -0.4 is 11.1 Å². The number of amides is 2. The van der Waals surface area contributed by atoms with Crippen molar-refractivity contribution < 1.29 is 9.59 Å². The van der Waals surface area contributed by atoms with E-state index in [-0.39, 0.29) is 29.7 Å². The lowest BCUT2D eigenvalue weighted by Crippen LogP contribution is -2.49. The molecule has 2 amide bonds. The lowest BCUT2D eigenvalue weighted by atomic mass is 9.99. The van der Waals surface area contributed by atoms with E-state index in [0.29, 0.717) is 6.54 Å². The van der Waals surface area contributed by atoms with Gasteiger partial charge in [-0.1, -0.05) is 27.2 Å². The fraction of sp³-hybridized carbons (Fsp3) is 0.867. The molecule has 0 aliphatic carbocycles. The van der Waals surface area contributed by atoms with E-state index in [1.165, 1.54) is 0 Å². The number of hydrogen-bond acceptors (Lipinski definition) is 3. The summed E-state index contributed by atoms with van der Waals surface area (Å²) in [7, 11) is 0. The molecule has 1 unspecified atom stereocenters. The van der Waals surface area contributed by atoms with Crippen LogP contribution in [0.15, 0.2) is 0 Å². The molecule has 1 rings (SSSR count). The van der Waals surface area contributed by atoms with Gasteiger partial charge in [0.1, 0.15) is 0 Å². The molecule has 0 aromatic heterocycles. The van der Waals surface area contributed by atoms with Gasteiger partial charge in [0.2, 0.25) is 11.8 Å². The molecule has 1 aliphatic rings. The minimum absolute atomic E-state index is 0.0484. The normalized spacial score (nSPS) is 18.1. The van der Waals surface area contributed by atoms with Crippen LogP contribution in [0, 0.1) is 11.8 Å². The molecule has 1 aliphatic heterocycles. The second-order valence-corrected chi connectivity index (χ2v) is 5.98. The zero-order chi connectivity index (χ0) is 15.1. The second kappa shape index (κ2) is 8.25. The van der Waals surface area contributed by atoms with Crippen molar-refractivity contribution in [2.24, 2.45) is 17.6 Å². The van der Waals surface area contributed by atoms with Crippen LogP contribution in [0.3, 0.4) is 0 Å². The highest BCUT2D eigenvalue weighted by atomic mass is 16.2. The monoisotopic (exact) mass is 283 g/mol. The predicted octanol–water partition coefficient (Wildman–Crippen LogP) is 1.12. The lowest BCUT2D eigenvalue weighted by Gasteiger charge is -2.34. The molecule has 5 heteroatoms.